The molecule has 0 bridgehead atoms. The van der Waals surface area contributed by atoms with Crippen molar-refractivity contribution in [2.24, 2.45) is 0 Å². The van der Waals surface area contributed by atoms with Crippen molar-refractivity contribution in [3.05, 3.63) is 29.6 Å². The van der Waals surface area contributed by atoms with E-state index < -0.39 is 0 Å². The largest absolute Gasteiger partial charge is 0.366 e. The molecule has 1 aromatic rings. The van der Waals surface area contributed by atoms with Crippen molar-refractivity contribution >= 4 is 5.91 Å². The van der Waals surface area contributed by atoms with E-state index in [0.717, 1.165) is 17.9 Å². The second kappa shape index (κ2) is 6.63. The summed E-state index contributed by atoms with van der Waals surface area (Å²) < 4.78 is 5.51. The minimum atomic E-state index is -0.362. The maximum atomic E-state index is 12.4. The Balaban J connectivity index is 2.00. The lowest BCUT2D eigenvalue weighted by molar-refractivity contribution is -0.145. The number of carbonyl (C=O) groups excluding carboxylic acids is 1. The molecule has 1 amide bonds. The number of amides is 1. The first-order chi connectivity index (χ1) is 9.20. The number of rotatable bonds is 4. The summed E-state index contributed by atoms with van der Waals surface area (Å²) in [4.78, 5) is 18.6. The summed E-state index contributed by atoms with van der Waals surface area (Å²) in [5.41, 5.74) is 1.88. The van der Waals surface area contributed by atoms with Gasteiger partial charge in [-0.1, -0.05) is 6.07 Å². The topological polar surface area (TPSA) is 54.5 Å². The number of likely N-dealkylation sites (N-methyl/N-ethyl adjacent to an activating group) is 1. The van der Waals surface area contributed by atoms with Crippen LogP contribution >= 0.6 is 0 Å². The van der Waals surface area contributed by atoms with E-state index in [1.54, 1.807) is 4.90 Å². The molecule has 0 spiro atoms. The Morgan fingerprint density at radius 3 is 3.05 bits per heavy atom. The summed E-state index contributed by atoms with van der Waals surface area (Å²) in [6, 6.07) is 5.87. The monoisotopic (exact) mass is 263 g/mol. The second-order valence-electron chi connectivity index (χ2n) is 4.69. The number of ether oxygens (including phenoxy) is 1. The van der Waals surface area contributed by atoms with Gasteiger partial charge in [-0.05, 0) is 26.0 Å². The molecule has 1 fully saturated rings. The maximum Gasteiger partial charge on any atom is 0.253 e. The van der Waals surface area contributed by atoms with Crippen molar-refractivity contribution in [2.75, 3.05) is 26.2 Å². The number of nitrogens with zero attached hydrogens (tertiary/aromatic N) is 2. The Bertz CT molecular complexity index is 430. The van der Waals surface area contributed by atoms with E-state index in [1.807, 2.05) is 32.0 Å². The molecule has 0 radical (unpaired) electrons. The highest BCUT2D eigenvalue weighted by atomic mass is 16.5. The summed E-state index contributed by atoms with van der Waals surface area (Å²) in [7, 11) is 0. The van der Waals surface area contributed by atoms with E-state index in [1.165, 1.54) is 0 Å². The lowest BCUT2D eigenvalue weighted by Gasteiger charge is -2.29. The van der Waals surface area contributed by atoms with E-state index in [0.29, 0.717) is 26.2 Å². The van der Waals surface area contributed by atoms with Gasteiger partial charge in [0.2, 0.25) is 0 Å². The van der Waals surface area contributed by atoms with Gasteiger partial charge < -0.3 is 15.0 Å². The molecular weight excluding hydrogens is 242 g/mol. The number of morpholine rings is 1. The van der Waals surface area contributed by atoms with Crippen LogP contribution < -0.4 is 5.32 Å². The molecule has 0 saturated carbocycles. The van der Waals surface area contributed by atoms with Crippen LogP contribution in [0.3, 0.4) is 0 Å². The van der Waals surface area contributed by atoms with Crippen LogP contribution in [0.1, 0.15) is 18.3 Å². The number of carbonyl (C=O) groups is 1. The molecule has 104 valence electrons. The number of hydrogen-bond donors (Lipinski definition) is 1. The van der Waals surface area contributed by atoms with E-state index in [-0.39, 0.29) is 12.0 Å². The molecule has 1 aliphatic rings. The summed E-state index contributed by atoms with van der Waals surface area (Å²) >= 11 is 0. The van der Waals surface area contributed by atoms with Gasteiger partial charge in [-0.3, -0.25) is 9.78 Å². The minimum Gasteiger partial charge on any atom is -0.366 e. The lowest BCUT2D eigenvalue weighted by Crippen LogP contribution is -2.49. The minimum absolute atomic E-state index is 0.0398. The first kappa shape index (κ1) is 14.0. The van der Waals surface area contributed by atoms with Crippen molar-refractivity contribution in [3.63, 3.8) is 0 Å². The van der Waals surface area contributed by atoms with Crippen LogP contribution in [0.5, 0.6) is 0 Å². The van der Waals surface area contributed by atoms with Crippen LogP contribution in [0.2, 0.25) is 0 Å². The molecular formula is C14H21N3O2. The van der Waals surface area contributed by atoms with Gasteiger partial charge in [0, 0.05) is 25.3 Å². The summed E-state index contributed by atoms with van der Waals surface area (Å²) in [5, 5.41) is 3.18. The highest BCUT2D eigenvalue weighted by Gasteiger charge is 2.26. The van der Waals surface area contributed by atoms with Gasteiger partial charge in [-0.2, -0.15) is 0 Å². The Kier molecular flexibility index (Phi) is 4.87. The van der Waals surface area contributed by atoms with Crippen molar-refractivity contribution < 1.29 is 9.53 Å². The van der Waals surface area contributed by atoms with Crippen molar-refractivity contribution in [1.82, 2.24) is 15.2 Å². The molecule has 5 heteroatoms. The van der Waals surface area contributed by atoms with Crippen molar-refractivity contribution in [2.45, 2.75) is 26.5 Å². The van der Waals surface area contributed by atoms with Gasteiger partial charge >= 0.3 is 0 Å². The third-order valence-electron chi connectivity index (χ3n) is 3.20. The van der Waals surface area contributed by atoms with E-state index in [9.17, 15) is 4.79 Å². The zero-order chi connectivity index (χ0) is 13.7. The van der Waals surface area contributed by atoms with E-state index in [4.69, 9.17) is 4.74 Å². The van der Waals surface area contributed by atoms with Gasteiger partial charge in [0.15, 0.2) is 0 Å². The predicted octanol–water partition coefficient (Wildman–Crippen LogP) is 0.727. The van der Waals surface area contributed by atoms with E-state index in [2.05, 4.69) is 10.3 Å². The van der Waals surface area contributed by atoms with Crippen LogP contribution in [0.25, 0.3) is 0 Å². The Hall–Kier alpha value is -1.46. The molecule has 1 unspecified atom stereocenters. The van der Waals surface area contributed by atoms with Crippen LogP contribution in [-0.4, -0.2) is 48.1 Å². The Labute approximate surface area is 114 Å². The Morgan fingerprint density at radius 1 is 1.58 bits per heavy atom. The zero-order valence-electron chi connectivity index (χ0n) is 11.6. The first-order valence-electron chi connectivity index (χ1n) is 6.74. The molecule has 1 N–H and O–H groups in total. The predicted molar refractivity (Wildman–Crippen MR) is 72.7 cm³/mol. The van der Waals surface area contributed by atoms with Crippen LogP contribution in [0.4, 0.5) is 0 Å². The van der Waals surface area contributed by atoms with Crippen molar-refractivity contribution in [3.8, 4) is 0 Å². The van der Waals surface area contributed by atoms with Gasteiger partial charge in [-0.25, -0.2) is 0 Å². The van der Waals surface area contributed by atoms with E-state index >= 15 is 0 Å². The summed E-state index contributed by atoms with van der Waals surface area (Å²) in [6.07, 6.45) is -0.362. The fraction of sp³-hybridized carbons (Fsp3) is 0.571. The smallest absolute Gasteiger partial charge is 0.253 e. The lowest BCUT2D eigenvalue weighted by atomic mass is 10.2. The molecule has 1 aromatic heterocycles. The molecule has 1 aliphatic heterocycles. The number of pyridine rings is 1. The number of aryl methyl sites for hydroxylation is 1. The third kappa shape index (κ3) is 3.75. The normalized spacial score (nSPS) is 19.2. The average Bonchev–Trinajstić information content (AvgIpc) is 2.45. The van der Waals surface area contributed by atoms with Gasteiger partial charge in [0.1, 0.15) is 6.10 Å². The molecule has 2 heterocycles. The SMILES string of the molecule is CCN(Cc1cccc(C)n1)C(=O)C1CNCCO1. The van der Waals surface area contributed by atoms with Crippen LogP contribution in [0.15, 0.2) is 18.2 Å². The zero-order valence-corrected chi connectivity index (χ0v) is 11.6. The van der Waals surface area contributed by atoms with Gasteiger partial charge in [-0.15, -0.1) is 0 Å². The maximum absolute atomic E-state index is 12.4. The Morgan fingerprint density at radius 2 is 2.42 bits per heavy atom. The standard InChI is InChI=1S/C14H21N3O2/c1-3-17(10-12-6-4-5-11(2)16-12)14(18)13-9-15-7-8-19-13/h4-6,13,15H,3,7-10H2,1-2H3. The molecule has 5 nitrogen and oxygen atoms in total. The van der Waals surface area contributed by atoms with Crippen molar-refractivity contribution in [1.29, 1.82) is 0 Å². The molecule has 1 saturated heterocycles. The number of aromatic nitrogens is 1. The molecule has 19 heavy (non-hydrogen) atoms. The first-order valence-corrected chi connectivity index (χ1v) is 6.74. The number of nitrogens with one attached hydrogen (secondary N) is 1. The average molecular weight is 263 g/mol. The summed E-state index contributed by atoms with van der Waals surface area (Å²) in [5.74, 6) is 0.0398. The second-order valence-corrected chi connectivity index (χ2v) is 4.69. The molecule has 2 rings (SSSR count). The highest BCUT2D eigenvalue weighted by molar-refractivity contribution is 5.81. The van der Waals surface area contributed by atoms with Crippen LogP contribution in [-0.2, 0) is 16.1 Å². The fourth-order valence-electron chi connectivity index (χ4n) is 2.16. The van der Waals surface area contributed by atoms with Crippen LogP contribution in [0, 0.1) is 6.92 Å². The highest BCUT2D eigenvalue weighted by Crippen LogP contribution is 2.08. The molecule has 0 aliphatic carbocycles. The third-order valence-corrected chi connectivity index (χ3v) is 3.20. The number of hydrogen-bond acceptors (Lipinski definition) is 4. The van der Waals surface area contributed by atoms with Gasteiger partial charge in [0.25, 0.3) is 5.91 Å². The fourth-order valence-corrected chi connectivity index (χ4v) is 2.16. The molecule has 0 aromatic carbocycles. The molecule has 1 atom stereocenters. The quantitative estimate of drug-likeness (QED) is 0.870. The summed E-state index contributed by atoms with van der Waals surface area (Å²) in [6.45, 7) is 7.13. The van der Waals surface area contributed by atoms with Gasteiger partial charge in [0.05, 0.1) is 18.8 Å².